The van der Waals surface area contributed by atoms with E-state index >= 15 is 0 Å². The predicted molar refractivity (Wildman–Crippen MR) is 85.8 cm³/mol. The Hall–Kier alpha value is -1.02. The van der Waals surface area contributed by atoms with Gasteiger partial charge < -0.3 is 11.1 Å². The van der Waals surface area contributed by atoms with Gasteiger partial charge in [-0.15, -0.1) is 0 Å². The Bertz CT molecular complexity index is 402. The van der Waals surface area contributed by atoms with Crippen LogP contribution < -0.4 is 11.1 Å². The van der Waals surface area contributed by atoms with Crippen molar-refractivity contribution in [2.75, 3.05) is 18.4 Å². The molecule has 0 aliphatic rings. The van der Waals surface area contributed by atoms with Crippen LogP contribution in [0.5, 0.6) is 0 Å². The Balaban J connectivity index is 2.83. The van der Waals surface area contributed by atoms with Crippen LogP contribution in [0, 0.1) is 18.8 Å². The fraction of sp³-hybridized carbons (Fsp3) is 0.647. The van der Waals surface area contributed by atoms with Gasteiger partial charge in [0.25, 0.3) is 0 Å². The van der Waals surface area contributed by atoms with E-state index in [-0.39, 0.29) is 5.41 Å². The standard InChI is InChI=1S/C17H30N2/c1-12(2)14(10-18)11-19-16-9-15(17(4,5)6)8-7-13(16)3/h7-9,12,14,19H,10-11,18H2,1-6H3. The Morgan fingerprint density at radius 1 is 1.21 bits per heavy atom. The first-order valence-corrected chi connectivity index (χ1v) is 7.30. The molecule has 0 saturated heterocycles. The highest BCUT2D eigenvalue weighted by Crippen LogP contribution is 2.27. The largest absolute Gasteiger partial charge is 0.384 e. The van der Waals surface area contributed by atoms with Crippen molar-refractivity contribution in [1.29, 1.82) is 0 Å². The van der Waals surface area contributed by atoms with Crippen LogP contribution in [0.25, 0.3) is 0 Å². The molecule has 0 saturated carbocycles. The molecule has 0 aliphatic carbocycles. The van der Waals surface area contributed by atoms with Crippen LogP contribution in [-0.4, -0.2) is 13.1 Å². The molecule has 19 heavy (non-hydrogen) atoms. The summed E-state index contributed by atoms with van der Waals surface area (Å²) in [6.07, 6.45) is 0. The maximum absolute atomic E-state index is 5.84. The fourth-order valence-electron chi connectivity index (χ4n) is 2.11. The topological polar surface area (TPSA) is 38.0 Å². The van der Waals surface area contributed by atoms with Gasteiger partial charge in [0.15, 0.2) is 0 Å². The molecule has 0 spiro atoms. The van der Waals surface area contributed by atoms with E-state index in [9.17, 15) is 0 Å². The highest BCUT2D eigenvalue weighted by Gasteiger charge is 2.16. The van der Waals surface area contributed by atoms with E-state index in [1.54, 1.807) is 0 Å². The maximum Gasteiger partial charge on any atom is 0.0372 e. The summed E-state index contributed by atoms with van der Waals surface area (Å²) >= 11 is 0. The molecule has 1 rings (SSSR count). The fourth-order valence-corrected chi connectivity index (χ4v) is 2.11. The van der Waals surface area contributed by atoms with Crippen molar-refractivity contribution in [2.24, 2.45) is 17.6 Å². The molecule has 0 bridgehead atoms. The van der Waals surface area contributed by atoms with Gasteiger partial charge in [-0.25, -0.2) is 0 Å². The van der Waals surface area contributed by atoms with E-state index in [0.717, 1.165) is 13.1 Å². The SMILES string of the molecule is Cc1ccc(C(C)(C)C)cc1NCC(CN)C(C)C. The minimum Gasteiger partial charge on any atom is -0.384 e. The third-order valence-electron chi connectivity index (χ3n) is 3.90. The zero-order chi connectivity index (χ0) is 14.6. The summed E-state index contributed by atoms with van der Waals surface area (Å²) in [6, 6.07) is 6.71. The van der Waals surface area contributed by atoms with Crippen LogP contribution in [0.1, 0.15) is 45.7 Å². The number of hydrogen-bond donors (Lipinski definition) is 2. The van der Waals surface area contributed by atoms with E-state index < -0.39 is 0 Å². The lowest BCUT2D eigenvalue weighted by atomic mass is 9.86. The van der Waals surface area contributed by atoms with E-state index in [4.69, 9.17) is 5.73 Å². The first-order chi connectivity index (χ1) is 8.75. The number of anilines is 1. The van der Waals surface area contributed by atoms with Crippen LogP contribution in [0.3, 0.4) is 0 Å². The summed E-state index contributed by atoms with van der Waals surface area (Å²) in [7, 11) is 0. The van der Waals surface area contributed by atoms with Crippen molar-refractivity contribution in [3.8, 4) is 0 Å². The van der Waals surface area contributed by atoms with Crippen molar-refractivity contribution in [3.05, 3.63) is 29.3 Å². The van der Waals surface area contributed by atoms with E-state index in [1.165, 1.54) is 16.8 Å². The summed E-state index contributed by atoms with van der Waals surface area (Å²) in [5.74, 6) is 1.14. The molecular weight excluding hydrogens is 232 g/mol. The number of nitrogens with two attached hydrogens (primary N) is 1. The molecule has 0 heterocycles. The van der Waals surface area contributed by atoms with E-state index in [1.807, 2.05) is 0 Å². The summed E-state index contributed by atoms with van der Waals surface area (Å²) in [4.78, 5) is 0. The number of rotatable bonds is 5. The normalized spacial score (nSPS) is 13.7. The Labute approximate surface area is 118 Å². The van der Waals surface area contributed by atoms with Crippen molar-refractivity contribution in [3.63, 3.8) is 0 Å². The second-order valence-corrected chi connectivity index (χ2v) is 6.90. The summed E-state index contributed by atoms with van der Waals surface area (Å²) < 4.78 is 0. The van der Waals surface area contributed by atoms with Gasteiger partial charge in [0, 0.05) is 12.2 Å². The van der Waals surface area contributed by atoms with Gasteiger partial charge in [0.05, 0.1) is 0 Å². The van der Waals surface area contributed by atoms with E-state index in [0.29, 0.717) is 11.8 Å². The van der Waals surface area contributed by atoms with Gasteiger partial charge in [-0.1, -0.05) is 46.8 Å². The zero-order valence-electron chi connectivity index (χ0n) is 13.4. The Morgan fingerprint density at radius 3 is 2.32 bits per heavy atom. The molecule has 2 heteroatoms. The third-order valence-corrected chi connectivity index (χ3v) is 3.90. The minimum absolute atomic E-state index is 0.190. The lowest BCUT2D eigenvalue weighted by molar-refractivity contribution is 0.413. The molecule has 0 aliphatic heterocycles. The van der Waals surface area contributed by atoms with Crippen molar-refractivity contribution in [1.82, 2.24) is 0 Å². The number of benzene rings is 1. The smallest absolute Gasteiger partial charge is 0.0372 e. The first-order valence-electron chi connectivity index (χ1n) is 7.30. The number of nitrogens with one attached hydrogen (secondary N) is 1. The minimum atomic E-state index is 0.190. The Kier molecular flexibility index (Phi) is 5.42. The number of aryl methyl sites for hydroxylation is 1. The van der Waals surface area contributed by atoms with Gasteiger partial charge >= 0.3 is 0 Å². The van der Waals surface area contributed by atoms with Crippen LogP contribution in [-0.2, 0) is 5.41 Å². The quantitative estimate of drug-likeness (QED) is 0.843. The van der Waals surface area contributed by atoms with Crippen LogP contribution >= 0.6 is 0 Å². The maximum atomic E-state index is 5.84. The molecule has 1 atom stereocenters. The van der Waals surface area contributed by atoms with Gasteiger partial charge in [0.2, 0.25) is 0 Å². The molecule has 0 aromatic heterocycles. The second-order valence-electron chi connectivity index (χ2n) is 6.90. The van der Waals surface area contributed by atoms with Gasteiger partial charge in [0.1, 0.15) is 0 Å². The van der Waals surface area contributed by atoms with Crippen molar-refractivity contribution in [2.45, 2.75) is 47.0 Å². The predicted octanol–water partition coefficient (Wildman–Crippen LogP) is 3.94. The third kappa shape index (κ3) is 4.54. The van der Waals surface area contributed by atoms with Crippen LogP contribution in [0.2, 0.25) is 0 Å². The van der Waals surface area contributed by atoms with Crippen molar-refractivity contribution >= 4 is 5.69 Å². The molecule has 108 valence electrons. The first kappa shape index (κ1) is 16.0. The second kappa shape index (κ2) is 6.42. The zero-order valence-corrected chi connectivity index (χ0v) is 13.4. The van der Waals surface area contributed by atoms with Crippen molar-refractivity contribution < 1.29 is 0 Å². The Morgan fingerprint density at radius 2 is 1.84 bits per heavy atom. The molecule has 0 radical (unpaired) electrons. The molecule has 1 aromatic rings. The molecule has 2 nitrogen and oxygen atoms in total. The summed E-state index contributed by atoms with van der Waals surface area (Å²) in [6.45, 7) is 15.1. The molecular formula is C17H30N2. The lowest BCUT2D eigenvalue weighted by Crippen LogP contribution is -2.27. The average Bonchev–Trinajstić information content (AvgIpc) is 2.30. The lowest BCUT2D eigenvalue weighted by Gasteiger charge is -2.23. The molecule has 0 fully saturated rings. The number of hydrogen-bond acceptors (Lipinski definition) is 2. The monoisotopic (exact) mass is 262 g/mol. The summed E-state index contributed by atoms with van der Waals surface area (Å²) in [5.41, 5.74) is 9.94. The van der Waals surface area contributed by atoms with Gasteiger partial charge in [-0.3, -0.25) is 0 Å². The highest BCUT2D eigenvalue weighted by molar-refractivity contribution is 5.53. The van der Waals surface area contributed by atoms with Crippen LogP contribution in [0.15, 0.2) is 18.2 Å². The van der Waals surface area contributed by atoms with Crippen LogP contribution in [0.4, 0.5) is 5.69 Å². The molecule has 0 amide bonds. The van der Waals surface area contributed by atoms with Gasteiger partial charge in [-0.2, -0.15) is 0 Å². The van der Waals surface area contributed by atoms with E-state index in [2.05, 4.69) is 65.1 Å². The molecule has 3 N–H and O–H groups in total. The molecule has 1 aromatic carbocycles. The highest BCUT2D eigenvalue weighted by atomic mass is 14.9. The molecule has 1 unspecified atom stereocenters. The summed E-state index contributed by atoms with van der Waals surface area (Å²) in [5, 5.41) is 3.58. The van der Waals surface area contributed by atoms with Gasteiger partial charge in [-0.05, 0) is 47.9 Å². The average molecular weight is 262 g/mol.